The Hall–Kier alpha value is -1.51. The molecular formula is C64H125N2O7P. The van der Waals surface area contributed by atoms with E-state index in [-0.39, 0.29) is 31.5 Å². The third-order valence-corrected chi connectivity index (χ3v) is 15.6. The molecule has 0 radical (unpaired) electrons. The SMILES string of the molecule is CCCCCCCCC/C=C/CCCCCCCC(=O)NC(COP(=O)([O-])OCC[N+](C)(C)C)C(/C=C/CCCCCCCCCCC)OC(=O)CCCCCCCCCCCCCCCCCCCCCCC. The first-order valence-corrected chi connectivity index (χ1v) is 33.6. The second-order valence-electron chi connectivity index (χ2n) is 23.3. The lowest BCUT2D eigenvalue weighted by atomic mass is 10.0. The molecule has 438 valence electrons. The van der Waals surface area contributed by atoms with Crippen molar-refractivity contribution in [2.75, 3.05) is 40.9 Å². The lowest BCUT2D eigenvalue weighted by Crippen LogP contribution is -2.47. The van der Waals surface area contributed by atoms with Gasteiger partial charge in [-0.15, -0.1) is 0 Å². The Morgan fingerprint density at radius 3 is 1.15 bits per heavy atom. The van der Waals surface area contributed by atoms with Crippen LogP contribution in [0.3, 0.4) is 0 Å². The van der Waals surface area contributed by atoms with E-state index in [0.717, 1.165) is 77.0 Å². The van der Waals surface area contributed by atoms with Gasteiger partial charge in [-0.2, -0.15) is 0 Å². The molecule has 0 bridgehead atoms. The smallest absolute Gasteiger partial charge is 0.306 e. The Labute approximate surface area is 460 Å². The molecule has 1 amide bonds. The van der Waals surface area contributed by atoms with E-state index in [1.165, 1.54) is 212 Å². The molecule has 0 saturated heterocycles. The van der Waals surface area contributed by atoms with E-state index >= 15 is 0 Å². The van der Waals surface area contributed by atoms with Gasteiger partial charge in [-0.05, 0) is 57.4 Å². The highest BCUT2D eigenvalue weighted by molar-refractivity contribution is 7.45. The summed E-state index contributed by atoms with van der Waals surface area (Å²) in [5.41, 5.74) is 0. The average Bonchev–Trinajstić information content (AvgIpc) is 3.36. The number of phosphoric ester groups is 1. The van der Waals surface area contributed by atoms with Gasteiger partial charge in [0.25, 0.3) is 7.82 Å². The van der Waals surface area contributed by atoms with Gasteiger partial charge >= 0.3 is 5.97 Å². The fraction of sp³-hybridized carbons (Fsp3) is 0.906. The first-order valence-electron chi connectivity index (χ1n) is 32.1. The standard InChI is InChI=1S/C64H125N2O7P/c1-7-10-13-16-19-22-25-27-29-31-32-33-34-35-37-39-42-45-48-51-54-57-64(68)73-62(55-52-49-46-43-40-24-21-18-15-12-9-3)61(60-72-74(69,70)71-59-58-66(4,5)6)65-63(67)56-53-50-47-44-41-38-36-30-28-26-23-20-17-14-11-8-2/h30,36,52,55,61-62H,7-29,31-35,37-51,53-54,56-60H2,1-6H3,(H-,65,67,69,70)/b36-30+,55-52+. The first kappa shape index (κ1) is 72.5. The van der Waals surface area contributed by atoms with Crippen LogP contribution in [0.2, 0.25) is 0 Å². The number of unbranched alkanes of at least 4 members (excludes halogenated alkanes) is 41. The summed E-state index contributed by atoms with van der Waals surface area (Å²) in [6, 6.07) is -0.886. The number of nitrogens with zero attached hydrogens (tertiary/aromatic N) is 1. The second-order valence-corrected chi connectivity index (χ2v) is 24.7. The van der Waals surface area contributed by atoms with Gasteiger partial charge in [0.1, 0.15) is 19.3 Å². The van der Waals surface area contributed by atoms with E-state index in [4.69, 9.17) is 13.8 Å². The molecule has 0 aliphatic heterocycles. The van der Waals surface area contributed by atoms with Gasteiger partial charge in [0.05, 0.1) is 33.8 Å². The van der Waals surface area contributed by atoms with Crippen LogP contribution in [0.4, 0.5) is 0 Å². The summed E-state index contributed by atoms with van der Waals surface area (Å²) in [6.07, 6.45) is 64.3. The monoisotopic (exact) mass is 1060 g/mol. The minimum absolute atomic E-state index is 0.0204. The third kappa shape index (κ3) is 55.3. The zero-order chi connectivity index (χ0) is 54.3. The van der Waals surface area contributed by atoms with Crippen molar-refractivity contribution >= 4 is 19.7 Å². The number of hydrogen-bond donors (Lipinski definition) is 1. The quantitative estimate of drug-likeness (QED) is 0.0212. The summed E-state index contributed by atoms with van der Waals surface area (Å²) in [5, 5.41) is 3.03. The first-order chi connectivity index (χ1) is 35.9. The Morgan fingerprint density at radius 2 is 0.784 bits per heavy atom. The predicted octanol–water partition coefficient (Wildman–Crippen LogP) is 19.1. The molecule has 3 atom stereocenters. The van der Waals surface area contributed by atoms with E-state index in [9.17, 15) is 19.0 Å². The van der Waals surface area contributed by atoms with Crippen molar-refractivity contribution in [3.63, 3.8) is 0 Å². The fourth-order valence-corrected chi connectivity index (χ4v) is 10.4. The van der Waals surface area contributed by atoms with Gasteiger partial charge in [-0.1, -0.05) is 277 Å². The number of quaternary nitrogens is 1. The van der Waals surface area contributed by atoms with E-state index < -0.39 is 20.0 Å². The van der Waals surface area contributed by atoms with Crippen LogP contribution in [0, 0.1) is 0 Å². The summed E-state index contributed by atoms with van der Waals surface area (Å²) >= 11 is 0. The van der Waals surface area contributed by atoms with Crippen molar-refractivity contribution in [2.24, 2.45) is 0 Å². The summed E-state index contributed by atoms with van der Waals surface area (Å²) in [7, 11) is 1.20. The minimum atomic E-state index is -4.69. The van der Waals surface area contributed by atoms with Gasteiger partial charge in [0, 0.05) is 12.8 Å². The van der Waals surface area contributed by atoms with Crippen molar-refractivity contribution in [3.05, 3.63) is 24.3 Å². The number of carbonyl (C=O) groups excluding carboxylic acids is 2. The van der Waals surface area contributed by atoms with Crippen molar-refractivity contribution < 1.29 is 37.3 Å². The van der Waals surface area contributed by atoms with Gasteiger partial charge < -0.3 is 28.5 Å². The molecule has 0 rings (SSSR count). The molecule has 0 saturated carbocycles. The highest BCUT2D eigenvalue weighted by atomic mass is 31.2. The van der Waals surface area contributed by atoms with E-state index in [2.05, 4.69) is 38.2 Å². The lowest BCUT2D eigenvalue weighted by molar-refractivity contribution is -0.870. The number of allylic oxidation sites excluding steroid dienone is 3. The molecule has 74 heavy (non-hydrogen) atoms. The highest BCUT2D eigenvalue weighted by Crippen LogP contribution is 2.38. The second kappa shape index (κ2) is 54.8. The highest BCUT2D eigenvalue weighted by Gasteiger charge is 2.27. The maximum Gasteiger partial charge on any atom is 0.306 e. The number of nitrogens with one attached hydrogen (secondary N) is 1. The van der Waals surface area contributed by atoms with Crippen molar-refractivity contribution in [1.82, 2.24) is 5.32 Å². The van der Waals surface area contributed by atoms with E-state index in [0.29, 0.717) is 17.4 Å². The van der Waals surface area contributed by atoms with Crippen molar-refractivity contribution in [1.29, 1.82) is 0 Å². The number of rotatable bonds is 59. The normalized spacial score (nSPS) is 13.8. The van der Waals surface area contributed by atoms with Crippen molar-refractivity contribution in [2.45, 2.75) is 335 Å². The van der Waals surface area contributed by atoms with Crippen LogP contribution in [-0.2, 0) is 27.9 Å². The van der Waals surface area contributed by atoms with Crippen molar-refractivity contribution in [3.8, 4) is 0 Å². The fourth-order valence-electron chi connectivity index (χ4n) is 9.64. The lowest BCUT2D eigenvalue weighted by Gasteiger charge is -2.30. The summed E-state index contributed by atoms with van der Waals surface area (Å²) < 4.78 is 30.3. The molecule has 0 aromatic carbocycles. The van der Waals surface area contributed by atoms with Crippen LogP contribution in [0.15, 0.2) is 24.3 Å². The van der Waals surface area contributed by atoms with Crippen LogP contribution in [0.25, 0.3) is 0 Å². The Kier molecular flexibility index (Phi) is 53.7. The van der Waals surface area contributed by atoms with Gasteiger partial charge in [0.2, 0.25) is 5.91 Å². The zero-order valence-corrected chi connectivity index (χ0v) is 51.0. The Balaban J connectivity index is 5.13. The number of likely N-dealkylation sites (N-methyl/N-ethyl adjacent to an activating group) is 1. The number of ether oxygens (including phenoxy) is 1. The molecule has 9 nitrogen and oxygen atoms in total. The average molecular weight is 1070 g/mol. The molecule has 0 fully saturated rings. The molecule has 10 heteroatoms. The zero-order valence-electron chi connectivity index (χ0n) is 50.1. The van der Waals surface area contributed by atoms with Crippen LogP contribution < -0.4 is 10.2 Å². The van der Waals surface area contributed by atoms with Gasteiger partial charge in [-0.25, -0.2) is 0 Å². The molecule has 0 heterocycles. The number of phosphoric acid groups is 1. The number of hydrogen-bond acceptors (Lipinski definition) is 7. The van der Waals surface area contributed by atoms with Crippen LogP contribution in [0.5, 0.6) is 0 Å². The molecular weight excluding hydrogens is 940 g/mol. The molecule has 0 aromatic rings. The van der Waals surface area contributed by atoms with Gasteiger partial charge in [-0.3, -0.25) is 14.2 Å². The predicted molar refractivity (Wildman–Crippen MR) is 317 cm³/mol. The van der Waals surface area contributed by atoms with Crippen LogP contribution >= 0.6 is 7.82 Å². The molecule has 0 spiro atoms. The minimum Gasteiger partial charge on any atom is -0.756 e. The number of carbonyl (C=O) groups is 2. The largest absolute Gasteiger partial charge is 0.756 e. The van der Waals surface area contributed by atoms with E-state index in [1.807, 2.05) is 33.3 Å². The molecule has 0 aliphatic carbocycles. The van der Waals surface area contributed by atoms with Gasteiger partial charge in [0.15, 0.2) is 0 Å². The number of esters is 1. The topological polar surface area (TPSA) is 114 Å². The maximum atomic E-state index is 13.5. The summed E-state index contributed by atoms with van der Waals surface area (Å²) in [4.78, 5) is 40.0. The molecule has 1 N–H and O–H groups in total. The Morgan fingerprint density at radius 1 is 0.459 bits per heavy atom. The van der Waals surface area contributed by atoms with E-state index in [1.54, 1.807) is 0 Å². The molecule has 0 aliphatic rings. The maximum absolute atomic E-state index is 13.5. The Bertz CT molecular complexity index is 1320. The molecule has 3 unspecified atom stereocenters. The third-order valence-electron chi connectivity index (χ3n) is 14.6. The summed E-state index contributed by atoms with van der Waals surface area (Å²) in [6.45, 7) is 6.87. The number of amides is 1. The van der Waals surface area contributed by atoms with Crippen LogP contribution in [0.1, 0.15) is 323 Å². The molecule has 0 aromatic heterocycles. The summed E-state index contributed by atoms with van der Waals surface area (Å²) in [5.74, 6) is -0.534. The van der Waals surface area contributed by atoms with Crippen LogP contribution in [-0.4, -0.2) is 69.4 Å².